The fourth-order valence-electron chi connectivity index (χ4n) is 2.90. The number of fused-ring (bicyclic) bond motifs is 1. The van der Waals surface area contributed by atoms with Gasteiger partial charge in [0.15, 0.2) is 0 Å². The molecule has 3 nitrogen and oxygen atoms in total. The number of hydrogen-bond acceptors (Lipinski definition) is 2. The number of hydrogen-bond donors (Lipinski definition) is 0. The van der Waals surface area contributed by atoms with E-state index in [2.05, 4.69) is 11.8 Å². The molecule has 0 aromatic heterocycles. The Morgan fingerprint density at radius 3 is 2.36 bits per heavy atom. The second-order valence-corrected chi connectivity index (χ2v) is 6.22. The number of para-hydroxylation sites is 1. The molecule has 2 atom stereocenters. The minimum atomic E-state index is -0.114. The minimum absolute atomic E-state index is 0.0894. The maximum Gasteiger partial charge on any atom is 0.236 e. The van der Waals surface area contributed by atoms with Crippen molar-refractivity contribution >= 4 is 34.6 Å². The molecule has 0 fully saturated rings. The number of rotatable bonds is 1. The minimum Gasteiger partial charge on any atom is -0.369 e. The van der Waals surface area contributed by atoms with Crippen molar-refractivity contribution in [2.24, 2.45) is 5.92 Å². The molecule has 3 rings (SSSR count). The second-order valence-electron chi connectivity index (χ2n) is 5.78. The zero-order chi connectivity index (χ0) is 15.9. The molecule has 2 aromatic carbocycles. The van der Waals surface area contributed by atoms with Gasteiger partial charge in [-0.15, -0.1) is 0 Å². The van der Waals surface area contributed by atoms with Crippen LogP contribution in [0.15, 0.2) is 48.5 Å². The van der Waals surface area contributed by atoms with E-state index in [9.17, 15) is 4.79 Å². The summed E-state index contributed by atoms with van der Waals surface area (Å²) in [6.07, 6.45) is 0. The van der Waals surface area contributed by atoms with Crippen molar-refractivity contribution in [3.8, 4) is 0 Å². The van der Waals surface area contributed by atoms with Crippen LogP contribution in [0, 0.1) is 5.92 Å². The molecular formula is C18H19ClN2O. The van der Waals surface area contributed by atoms with Crippen molar-refractivity contribution in [3.05, 3.63) is 53.6 Å². The monoisotopic (exact) mass is 314 g/mol. The molecule has 22 heavy (non-hydrogen) atoms. The third-order valence-corrected chi connectivity index (χ3v) is 4.75. The molecule has 2 aromatic rings. The molecule has 2 unspecified atom stereocenters. The van der Waals surface area contributed by atoms with Crippen molar-refractivity contribution in [1.29, 1.82) is 0 Å². The van der Waals surface area contributed by atoms with E-state index in [0.29, 0.717) is 5.02 Å². The molecular weight excluding hydrogens is 296 g/mol. The number of amides is 1. The van der Waals surface area contributed by atoms with Gasteiger partial charge in [0.1, 0.15) is 0 Å². The molecule has 0 saturated carbocycles. The summed E-state index contributed by atoms with van der Waals surface area (Å²) in [5.74, 6) is -0.0250. The van der Waals surface area contributed by atoms with E-state index < -0.39 is 0 Å². The summed E-state index contributed by atoms with van der Waals surface area (Å²) in [5.41, 5.74) is 2.71. The van der Waals surface area contributed by atoms with Gasteiger partial charge in [-0.25, -0.2) is 0 Å². The van der Waals surface area contributed by atoms with Crippen LogP contribution in [0.1, 0.15) is 13.8 Å². The number of carbonyl (C=O) groups excluding carboxylic acids is 1. The first-order valence-corrected chi connectivity index (χ1v) is 7.80. The average molecular weight is 315 g/mol. The summed E-state index contributed by atoms with van der Waals surface area (Å²) in [5, 5.41) is 0.628. The molecule has 114 valence electrons. The quantitative estimate of drug-likeness (QED) is 0.775. The Morgan fingerprint density at radius 1 is 1.00 bits per heavy atom. The third-order valence-electron chi connectivity index (χ3n) is 4.52. The number of halogens is 1. The topological polar surface area (TPSA) is 23.6 Å². The largest absolute Gasteiger partial charge is 0.369 e. The van der Waals surface area contributed by atoms with Crippen LogP contribution in [0.2, 0.25) is 5.02 Å². The molecule has 0 N–H and O–H groups in total. The van der Waals surface area contributed by atoms with Crippen molar-refractivity contribution in [1.82, 2.24) is 0 Å². The summed E-state index contributed by atoms with van der Waals surface area (Å²) in [6, 6.07) is 15.6. The standard InChI is InChI=1S/C18H19ClN2O/c1-12-13(2)20(3)16-10-9-14(19)11-17(16)21(18(12)22)15-7-5-4-6-8-15/h4-13H,1-3H3. The van der Waals surface area contributed by atoms with Gasteiger partial charge in [0.25, 0.3) is 0 Å². The van der Waals surface area contributed by atoms with Crippen molar-refractivity contribution in [2.75, 3.05) is 16.8 Å². The summed E-state index contributed by atoms with van der Waals surface area (Å²) in [4.78, 5) is 17.0. The van der Waals surface area contributed by atoms with Gasteiger partial charge in [0.2, 0.25) is 5.91 Å². The van der Waals surface area contributed by atoms with Gasteiger partial charge in [-0.1, -0.05) is 36.7 Å². The van der Waals surface area contributed by atoms with Crippen LogP contribution < -0.4 is 9.80 Å². The molecule has 1 aliphatic heterocycles. The van der Waals surface area contributed by atoms with Gasteiger partial charge in [-0.05, 0) is 37.3 Å². The summed E-state index contributed by atoms with van der Waals surface area (Å²) in [7, 11) is 2.02. The molecule has 0 bridgehead atoms. The fraction of sp³-hybridized carbons (Fsp3) is 0.278. The predicted molar refractivity (Wildman–Crippen MR) is 92.1 cm³/mol. The summed E-state index contributed by atoms with van der Waals surface area (Å²) < 4.78 is 0. The molecule has 0 spiro atoms. The Labute approximate surface area is 136 Å². The van der Waals surface area contributed by atoms with Gasteiger partial charge >= 0.3 is 0 Å². The van der Waals surface area contributed by atoms with E-state index >= 15 is 0 Å². The van der Waals surface area contributed by atoms with Gasteiger partial charge < -0.3 is 4.90 Å². The zero-order valence-corrected chi connectivity index (χ0v) is 13.7. The highest BCUT2D eigenvalue weighted by atomic mass is 35.5. The van der Waals surface area contributed by atoms with Gasteiger partial charge in [-0.3, -0.25) is 9.69 Å². The molecule has 4 heteroatoms. The Morgan fingerprint density at radius 2 is 1.68 bits per heavy atom. The Bertz CT molecular complexity index is 701. The summed E-state index contributed by atoms with van der Waals surface area (Å²) >= 11 is 6.19. The van der Waals surface area contributed by atoms with Crippen molar-refractivity contribution < 1.29 is 4.79 Å². The molecule has 1 amide bonds. The molecule has 1 heterocycles. The first kappa shape index (κ1) is 14.9. The molecule has 1 aliphatic rings. The number of benzene rings is 2. The molecule has 0 aliphatic carbocycles. The van der Waals surface area contributed by atoms with Gasteiger partial charge in [-0.2, -0.15) is 0 Å². The molecule has 0 radical (unpaired) electrons. The lowest BCUT2D eigenvalue weighted by atomic mass is 10.0. The number of carbonyl (C=O) groups is 1. The Balaban J connectivity index is 2.25. The first-order valence-electron chi connectivity index (χ1n) is 7.42. The molecule has 0 saturated heterocycles. The lowest BCUT2D eigenvalue weighted by Gasteiger charge is -2.28. The highest BCUT2D eigenvalue weighted by Crippen LogP contribution is 2.41. The Kier molecular flexibility index (Phi) is 3.83. The number of nitrogens with zero attached hydrogens (tertiary/aromatic N) is 2. The average Bonchev–Trinajstić information content (AvgIpc) is 2.59. The van der Waals surface area contributed by atoms with E-state index in [-0.39, 0.29) is 17.9 Å². The van der Waals surface area contributed by atoms with E-state index in [4.69, 9.17) is 11.6 Å². The van der Waals surface area contributed by atoms with Crippen LogP contribution >= 0.6 is 11.6 Å². The van der Waals surface area contributed by atoms with Gasteiger partial charge in [0.05, 0.1) is 17.3 Å². The highest BCUT2D eigenvalue weighted by Gasteiger charge is 2.35. The highest BCUT2D eigenvalue weighted by molar-refractivity contribution is 6.31. The van der Waals surface area contributed by atoms with E-state index in [1.807, 2.05) is 62.5 Å². The summed E-state index contributed by atoms with van der Waals surface area (Å²) in [6.45, 7) is 4.06. The second kappa shape index (κ2) is 5.65. The first-order chi connectivity index (χ1) is 10.5. The van der Waals surface area contributed by atoms with Gasteiger partial charge in [0, 0.05) is 23.8 Å². The number of anilines is 3. The van der Waals surface area contributed by atoms with Crippen LogP contribution in [-0.4, -0.2) is 19.0 Å². The van der Waals surface area contributed by atoms with Crippen LogP contribution in [-0.2, 0) is 4.79 Å². The predicted octanol–water partition coefficient (Wildman–Crippen LogP) is 4.48. The van der Waals surface area contributed by atoms with Crippen molar-refractivity contribution in [3.63, 3.8) is 0 Å². The smallest absolute Gasteiger partial charge is 0.236 e. The fourth-order valence-corrected chi connectivity index (χ4v) is 3.07. The zero-order valence-electron chi connectivity index (χ0n) is 13.0. The lowest BCUT2D eigenvalue weighted by molar-refractivity contribution is -0.121. The third kappa shape index (κ3) is 2.35. The van der Waals surface area contributed by atoms with E-state index in [0.717, 1.165) is 17.1 Å². The Hall–Kier alpha value is -2.00. The maximum atomic E-state index is 13.0. The normalized spacial score (nSPS) is 21.5. The maximum absolute atomic E-state index is 13.0. The van der Waals surface area contributed by atoms with Crippen LogP contribution in [0.25, 0.3) is 0 Å². The van der Waals surface area contributed by atoms with Crippen molar-refractivity contribution in [2.45, 2.75) is 19.9 Å². The van der Waals surface area contributed by atoms with Crippen LogP contribution in [0.3, 0.4) is 0 Å². The lowest BCUT2D eigenvalue weighted by Crippen LogP contribution is -2.39. The van der Waals surface area contributed by atoms with Crippen LogP contribution in [0.5, 0.6) is 0 Å². The van der Waals surface area contributed by atoms with E-state index in [1.165, 1.54) is 0 Å². The SMILES string of the molecule is CC1C(=O)N(c2ccccc2)c2cc(Cl)ccc2N(C)C1C. The van der Waals surface area contributed by atoms with E-state index in [1.54, 1.807) is 4.90 Å². The van der Waals surface area contributed by atoms with Crippen LogP contribution in [0.4, 0.5) is 17.1 Å².